The van der Waals surface area contributed by atoms with Crippen molar-refractivity contribution in [1.29, 1.82) is 0 Å². The predicted molar refractivity (Wildman–Crippen MR) is 95.6 cm³/mol. The summed E-state index contributed by atoms with van der Waals surface area (Å²) in [5.74, 6) is 2.16. The highest BCUT2D eigenvalue weighted by Gasteiger charge is 2.44. The summed E-state index contributed by atoms with van der Waals surface area (Å²) in [7, 11) is 0. The van der Waals surface area contributed by atoms with Crippen LogP contribution in [0.2, 0.25) is 0 Å². The number of piperidine rings is 1. The number of aromatic nitrogens is 1. The van der Waals surface area contributed by atoms with Crippen LogP contribution >= 0.6 is 0 Å². The molecule has 2 bridgehead atoms. The maximum atomic E-state index is 3.53. The molecule has 0 spiro atoms. The molecule has 1 aliphatic heterocycles. The van der Waals surface area contributed by atoms with Gasteiger partial charge in [0.1, 0.15) is 0 Å². The van der Waals surface area contributed by atoms with Crippen LogP contribution in [0.4, 0.5) is 0 Å². The van der Waals surface area contributed by atoms with Gasteiger partial charge in [-0.25, -0.2) is 0 Å². The van der Waals surface area contributed by atoms with Gasteiger partial charge >= 0.3 is 0 Å². The van der Waals surface area contributed by atoms with E-state index in [1.165, 1.54) is 56.1 Å². The Balaban J connectivity index is 1.59. The molecule has 3 aliphatic carbocycles. The fourth-order valence-corrected chi connectivity index (χ4v) is 5.47. The summed E-state index contributed by atoms with van der Waals surface area (Å²) in [6, 6.07) is 9.56. The Hall–Kier alpha value is -1.54. The van der Waals surface area contributed by atoms with Crippen LogP contribution < -0.4 is 0 Å². The van der Waals surface area contributed by atoms with Crippen molar-refractivity contribution in [3.8, 4) is 0 Å². The van der Waals surface area contributed by atoms with E-state index in [2.05, 4.69) is 52.5 Å². The summed E-state index contributed by atoms with van der Waals surface area (Å²) in [5, 5.41) is 1.44. The summed E-state index contributed by atoms with van der Waals surface area (Å²) in [6.45, 7) is 2.61. The van der Waals surface area contributed by atoms with Crippen LogP contribution in [0.5, 0.6) is 0 Å². The number of hydrogen-bond acceptors (Lipinski definition) is 1. The van der Waals surface area contributed by atoms with E-state index < -0.39 is 0 Å². The van der Waals surface area contributed by atoms with Crippen LogP contribution in [-0.4, -0.2) is 29.0 Å². The number of H-pyrrole nitrogens is 1. The standard InChI is InChI=1S/C21H26N2/c1-4-12-23(13-5-1)21-16-10-8-15(9-11-16)20(21)18-14-22-19-7-3-2-6-17(18)19/h2-3,6-8,10,14-16,20-22H,1,4-5,9,11-13H2/t15-,16+,20+,21-/m0/s1. The lowest BCUT2D eigenvalue weighted by atomic mass is 9.63. The lowest BCUT2D eigenvalue weighted by molar-refractivity contribution is 0.0611. The minimum atomic E-state index is 0.674. The van der Waals surface area contributed by atoms with Crippen LogP contribution in [0.1, 0.15) is 43.6 Å². The summed E-state index contributed by atoms with van der Waals surface area (Å²) in [4.78, 5) is 6.36. The van der Waals surface area contributed by atoms with Crippen molar-refractivity contribution in [3.05, 3.63) is 48.2 Å². The van der Waals surface area contributed by atoms with E-state index in [1.54, 1.807) is 5.56 Å². The van der Waals surface area contributed by atoms with Crippen LogP contribution in [-0.2, 0) is 0 Å². The van der Waals surface area contributed by atoms with Crippen molar-refractivity contribution < 1.29 is 0 Å². The summed E-state index contributed by atoms with van der Waals surface area (Å²) >= 11 is 0. The smallest absolute Gasteiger partial charge is 0.0456 e. The molecule has 23 heavy (non-hydrogen) atoms. The largest absolute Gasteiger partial charge is 0.361 e. The van der Waals surface area contributed by atoms with Crippen LogP contribution in [0.15, 0.2) is 42.6 Å². The highest BCUT2D eigenvalue weighted by Crippen LogP contribution is 2.50. The van der Waals surface area contributed by atoms with Gasteiger partial charge in [0.15, 0.2) is 0 Å². The van der Waals surface area contributed by atoms with Gasteiger partial charge in [-0.2, -0.15) is 0 Å². The normalized spacial score (nSPS) is 34.3. The van der Waals surface area contributed by atoms with Crippen LogP contribution in [0, 0.1) is 11.8 Å². The van der Waals surface area contributed by atoms with Gasteiger partial charge in [0, 0.05) is 29.1 Å². The maximum Gasteiger partial charge on any atom is 0.0456 e. The van der Waals surface area contributed by atoms with E-state index in [0.717, 1.165) is 17.9 Å². The van der Waals surface area contributed by atoms with Gasteiger partial charge in [-0.1, -0.05) is 36.8 Å². The molecular formula is C21H26N2. The highest BCUT2D eigenvalue weighted by molar-refractivity contribution is 5.83. The molecule has 2 heterocycles. The molecule has 120 valence electrons. The first-order chi connectivity index (χ1) is 11.4. The molecule has 2 aromatic rings. The number of nitrogens with zero attached hydrogens (tertiary/aromatic N) is 1. The fraction of sp³-hybridized carbons (Fsp3) is 0.524. The first-order valence-electron chi connectivity index (χ1n) is 9.40. The van der Waals surface area contributed by atoms with Crippen molar-refractivity contribution in [2.75, 3.05) is 13.1 Å². The first kappa shape index (κ1) is 13.9. The van der Waals surface area contributed by atoms with E-state index in [1.807, 2.05) is 0 Å². The van der Waals surface area contributed by atoms with Gasteiger partial charge in [0.25, 0.3) is 0 Å². The first-order valence-corrected chi connectivity index (χ1v) is 9.40. The topological polar surface area (TPSA) is 19.0 Å². The molecule has 2 heteroatoms. The van der Waals surface area contributed by atoms with Crippen molar-refractivity contribution in [1.82, 2.24) is 9.88 Å². The zero-order valence-corrected chi connectivity index (χ0v) is 13.7. The second-order valence-electron chi connectivity index (χ2n) is 7.69. The number of rotatable bonds is 2. The molecule has 4 atom stereocenters. The molecule has 6 rings (SSSR count). The Morgan fingerprint density at radius 1 is 0.913 bits per heavy atom. The Labute approximate surface area is 138 Å². The number of nitrogens with one attached hydrogen (secondary N) is 1. The third-order valence-electron chi connectivity index (χ3n) is 6.50. The van der Waals surface area contributed by atoms with Gasteiger partial charge < -0.3 is 4.98 Å². The second-order valence-corrected chi connectivity index (χ2v) is 7.69. The SMILES string of the molecule is C1=C[C@H]2CC[C@@H]1[C@H](N1CCCCC1)[C@H]2c1c[nH]c2ccccc12. The van der Waals surface area contributed by atoms with E-state index in [-0.39, 0.29) is 0 Å². The molecule has 1 saturated carbocycles. The Kier molecular flexibility index (Phi) is 3.33. The number of hydrogen-bond donors (Lipinski definition) is 1. The highest BCUT2D eigenvalue weighted by atomic mass is 15.2. The summed E-state index contributed by atoms with van der Waals surface area (Å²) < 4.78 is 0. The minimum absolute atomic E-state index is 0.674. The quantitative estimate of drug-likeness (QED) is 0.797. The van der Waals surface area contributed by atoms with Gasteiger partial charge in [-0.3, -0.25) is 4.90 Å². The Morgan fingerprint density at radius 3 is 2.52 bits per heavy atom. The Morgan fingerprint density at radius 2 is 1.70 bits per heavy atom. The van der Waals surface area contributed by atoms with Gasteiger partial charge in [0.05, 0.1) is 0 Å². The molecule has 2 nitrogen and oxygen atoms in total. The van der Waals surface area contributed by atoms with Crippen molar-refractivity contribution in [3.63, 3.8) is 0 Å². The summed E-state index contributed by atoms with van der Waals surface area (Å²) in [6.07, 6.45) is 14.3. The number of allylic oxidation sites excluding steroid dienone is 1. The molecule has 0 unspecified atom stereocenters. The number of likely N-dealkylation sites (tertiary alicyclic amines) is 1. The van der Waals surface area contributed by atoms with Gasteiger partial charge in [-0.15, -0.1) is 0 Å². The average Bonchev–Trinajstić information content (AvgIpc) is 3.06. The number of benzene rings is 1. The van der Waals surface area contributed by atoms with E-state index >= 15 is 0 Å². The van der Waals surface area contributed by atoms with E-state index in [9.17, 15) is 0 Å². The van der Waals surface area contributed by atoms with Gasteiger partial charge in [-0.05, 0) is 62.2 Å². The fourth-order valence-electron chi connectivity index (χ4n) is 5.47. The minimum Gasteiger partial charge on any atom is -0.361 e. The molecule has 1 aromatic heterocycles. The third-order valence-corrected chi connectivity index (χ3v) is 6.50. The lowest BCUT2D eigenvalue weighted by Gasteiger charge is -2.51. The third kappa shape index (κ3) is 2.19. The molecule has 1 saturated heterocycles. The van der Waals surface area contributed by atoms with E-state index in [4.69, 9.17) is 0 Å². The molecule has 0 radical (unpaired) electrons. The molecule has 1 N–H and O–H groups in total. The molecule has 2 fully saturated rings. The van der Waals surface area contributed by atoms with E-state index in [0.29, 0.717) is 5.92 Å². The van der Waals surface area contributed by atoms with Gasteiger partial charge in [0.2, 0.25) is 0 Å². The van der Waals surface area contributed by atoms with Crippen LogP contribution in [0.25, 0.3) is 10.9 Å². The number of fused-ring (bicyclic) bond motifs is 3. The lowest BCUT2D eigenvalue weighted by Crippen LogP contribution is -2.52. The molecule has 1 aromatic carbocycles. The molecule has 4 aliphatic rings. The molecule has 0 amide bonds. The Bertz CT molecular complexity index is 722. The van der Waals surface area contributed by atoms with Crippen LogP contribution in [0.3, 0.4) is 0 Å². The van der Waals surface area contributed by atoms with Crippen molar-refractivity contribution >= 4 is 10.9 Å². The maximum absolute atomic E-state index is 3.53. The monoisotopic (exact) mass is 306 g/mol. The second kappa shape index (κ2) is 5.52. The van der Waals surface area contributed by atoms with Crippen molar-refractivity contribution in [2.24, 2.45) is 11.8 Å². The summed E-state index contributed by atoms with van der Waals surface area (Å²) in [5.41, 5.74) is 2.86. The predicted octanol–water partition coefficient (Wildman–Crippen LogP) is 4.70. The number of para-hydroxylation sites is 1. The number of aromatic amines is 1. The zero-order valence-electron chi connectivity index (χ0n) is 13.7. The average molecular weight is 306 g/mol. The zero-order chi connectivity index (χ0) is 15.2. The molecular weight excluding hydrogens is 280 g/mol. The van der Waals surface area contributed by atoms with Crippen molar-refractivity contribution in [2.45, 2.75) is 44.1 Å².